The SMILES string of the molecule is CCCC[N+](CCCC)(CCCC)CCCC.CCCC[N+](CCCC)(CCCC)CCCC.O=C([O-])c1ccccc1.O=S(=O)([O-])O. The van der Waals surface area contributed by atoms with Gasteiger partial charge in [-0.2, -0.15) is 0 Å². The van der Waals surface area contributed by atoms with Crippen LogP contribution in [0.25, 0.3) is 0 Å². The Labute approximate surface area is 298 Å². The van der Waals surface area contributed by atoms with Crippen molar-refractivity contribution in [1.82, 2.24) is 0 Å². The number of carboxylic acids is 1. The summed E-state index contributed by atoms with van der Waals surface area (Å²) >= 11 is 0. The van der Waals surface area contributed by atoms with Crippen LogP contribution in [0.15, 0.2) is 30.3 Å². The molecule has 0 aliphatic carbocycles. The maximum Gasteiger partial charge on any atom is 0.215 e. The molecule has 0 saturated heterocycles. The van der Waals surface area contributed by atoms with E-state index in [1.54, 1.807) is 18.2 Å². The Morgan fingerprint density at radius 2 is 0.708 bits per heavy atom. The fraction of sp³-hybridized carbons (Fsp3) is 0.821. The molecule has 0 fully saturated rings. The number of carbonyl (C=O) groups excluding carboxylic acids is 1. The van der Waals surface area contributed by atoms with E-state index in [0.29, 0.717) is 0 Å². The van der Waals surface area contributed by atoms with Gasteiger partial charge in [0.15, 0.2) is 0 Å². The van der Waals surface area contributed by atoms with Crippen LogP contribution < -0.4 is 5.11 Å². The van der Waals surface area contributed by atoms with Crippen LogP contribution in [0.2, 0.25) is 0 Å². The molecule has 1 aromatic carbocycles. The van der Waals surface area contributed by atoms with E-state index in [2.05, 4.69) is 55.4 Å². The number of quaternary nitrogens is 2. The average Bonchev–Trinajstić information content (AvgIpc) is 3.07. The number of carboxylic acid groups (broad SMARTS) is 1. The molecule has 0 aromatic heterocycles. The van der Waals surface area contributed by atoms with E-state index in [-0.39, 0.29) is 5.56 Å². The van der Waals surface area contributed by atoms with Crippen LogP contribution in [0, 0.1) is 0 Å². The molecule has 0 amide bonds. The van der Waals surface area contributed by atoms with Crippen molar-refractivity contribution in [3.05, 3.63) is 35.9 Å². The van der Waals surface area contributed by atoms with Gasteiger partial charge in [-0.15, -0.1) is 0 Å². The Kier molecular flexibility index (Phi) is 36.0. The predicted molar refractivity (Wildman–Crippen MR) is 202 cm³/mol. The molecule has 0 radical (unpaired) electrons. The highest BCUT2D eigenvalue weighted by Gasteiger charge is 2.25. The van der Waals surface area contributed by atoms with Gasteiger partial charge >= 0.3 is 0 Å². The van der Waals surface area contributed by atoms with Gasteiger partial charge in [-0.3, -0.25) is 4.55 Å². The van der Waals surface area contributed by atoms with Gasteiger partial charge < -0.3 is 23.4 Å². The first-order valence-corrected chi connectivity index (χ1v) is 20.8. The van der Waals surface area contributed by atoms with Gasteiger partial charge in [-0.1, -0.05) is 137 Å². The van der Waals surface area contributed by atoms with E-state index in [0.717, 1.165) is 0 Å². The highest BCUT2D eigenvalue weighted by atomic mass is 32.3. The molecule has 0 atom stereocenters. The van der Waals surface area contributed by atoms with Crippen molar-refractivity contribution in [3.8, 4) is 0 Å². The molecule has 0 unspecified atom stereocenters. The molecule has 0 heterocycles. The molecule has 286 valence electrons. The van der Waals surface area contributed by atoms with Crippen molar-refractivity contribution < 1.29 is 36.4 Å². The Bertz CT molecular complexity index is 809. The lowest BCUT2D eigenvalue weighted by Gasteiger charge is -2.39. The lowest BCUT2D eigenvalue weighted by molar-refractivity contribution is -0.929. The van der Waals surface area contributed by atoms with E-state index in [9.17, 15) is 9.90 Å². The zero-order valence-corrected chi connectivity index (χ0v) is 33.5. The summed E-state index contributed by atoms with van der Waals surface area (Å²) in [6, 6.07) is 8.06. The van der Waals surface area contributed by atoms with E-state index in [4.69, 9.17) is 17.5 Å². The van der Waals surface area contributed by atoms with Gasteiger partial charge in [-0.25, -0.2) is 8.42 Å². The molecule has 1 aromatic rings. The third-order valence-electron chi connectivity index (χ3n) is 8.90. The number of unbranched alkanes of at least 4 members (excludes halogenated alkanes) is 8. The van der Waals surface area contributed by atoms with Crippen molar-refractivity contribution in [3.63, 3.8) is 0 Å². The monoisotopic (exact) mass is 703 g/mol. The third-order valence-corrected chi connectivity index (χ3v) is 8.90. The van der Waals surface area contributed by atoms with Gasteiger partial charge in [-0.05, 0) is 56.9 Å². The van der Waals surface area contributed by atoms with E-state index in [1.165, 1.54) is 176 Å². The first-order valence-electron chi connectivity index (χ1n) is 19.4. The van der Waals surface area contributed by atoms with Crippen LogP contribution in [0.4, 0.5) is 0 Å². The molecule has 0 saturated carbocycles. The second kappa shape index (κ2) is 34.0. The smallest absolute Gasteiger partial charge is 0.215 e. The number of benzene rings is 1. The van der Waals surface area contributed by atoms with Crippen molar-refractivity contribution in [2.75, 3.05) is 52.4 Å². The number of aromatic carboxylic acids is 1. The first-order chi connectivity index (χ1) is 22.8. The zero-order valence-electron chi connectivity index (χ0n) is 32.6. The minimum Gasteiger partial charge on any atom is -0.726 e. The highest BCUT2D eigenvalue weighted by molar-refractivity contribution is 7.79. The van der Waals surface area contributed by atoms with Gasteiger partial charge in [0, 0.05) is 0 Å². The summed E-state index contributed by atoms with van der Waals surface area (Å²) in [5, 5.41) is 10.1. The van der Waals surface area contributed by atoms with E-state index >= 15 is 0 Å². The molecule has 8 nitrogen and oxygen atoms in total. The lowest BCUT2D eigenvalue weighted by Crippen LogP contribution is -2.50. The number of hydrogen-bond donors (Lipinski definition) is 1. The minimum absolute atomic E-state index is 0.220. The summed E-state index contributed by atoms with van der Waals surface area (Å²) in [4.78, 5) is 10.1. The summed E-state index contributed by atoms with van der Waals surface area (Å²) in [7, 11) is -4.92. The van der Waals surface area contributed by atoms with Gasteiger partial charge in [0.2, 0.25) is 10.4 Å². The van der Waals surface area contributed by atoms with Crippen LogP contribution in [0.1, 0.15) is 168 Å². The van der Waals surface area contributed by atoms with Crippen LogP contribution in [0.3, 0.4) is 0 Å². The Balaban J connectivity index is -0.000000610. The second-order valence-corrected chi connectivity index (χ2v) is 14.2. The van der Waals surface area contributed by atoms with Crippen molar-refractivity contribution in [1.29, 1.82) is 0 Å². The van der Waals surface area contributed by atoms with Gasteiger partial charge in [0.05, 0.1) is 58.3 Å². The quantitative estimate of drug-likeness (QED) is 0.0617. The molecule has 0 aliphatic heterocycles. The highest BCUT2D eigenvalue weighted by Crippen LogP contribution is 2.17. The third kappa shape index (κ3) is 33.0. The van der Waals surface area contributed by atoms with Crippen LogP contribution in [0.5, 0.6) is 0 Å². The normalized spacial score (nSPS) is 11.4. The van der Waals surface area contributed by atoms with E-state index < -0.39 is 16.4 Å². The summed E-state index contributed by atoms with van der Waals surface area (Å²) in [6.07, 6.45) is 22.1. The molecule has 9 heteroatoms. The van der Waals surface area contributed by atoms with Crippen molar-refractivity contribution >= 4 is 16.4 Å². The Hall–Kier alpha value is -1.52. The fourth-order valence-corrected chi connectivity index (χ4v) is 5.86. The van der Waals surface area contributed by atoms with Crippen LogP contribution in [-0.4, -0.2) is 84.8 Å². The van der Waals surface area contributed by atoms with Gasteiger partial charge in [0.1, 0.15) is 0 Å². The standard InChI is InChI=1S/2C16H36N.C7H6O2.H2O4S/c2*1-5-9-13-17(14-10-6-2,15-11-7-3)16-12-8-4;8-7(9)6-4-2-1-3-5-6;1-5(2,3)4/h2*5-16H2,1-4H3;1-5H,(H,8,9);(H2,1,2,3,4)/q2*+1;;/p-2. The van der Waals surface area contributed by atoms with Crippen LogP contribution >= 0.6 is 0 Å². The van der Waals surface area contributed by atoms with Crippen molar-refractivity contribution in [2.24, 2.45) is 0 Å². The summed E-state index contributed by atoms with van der Waals surface area (Å²) in [5.41, 5.74) is 0.220. The molecule has 0 spiro atoms. The van der Waals surface area contributed by atoms with Crippen LogP contribution in [-0.2, 0) is 10.4 Å². The molecule has 0 bridgehead atoms. The number of hydrogen-bond acceptors (Lipinski definition) is 5. The summed E-state index contributed by atoms with van der Waals surface area (Å²) in [5.74, 6) is -1.13. The number of rotatable bonds is 25. The summed E-state index contributed by atoms with van der Waals surface area (Å²) < 4.78 is 35.7. The largest absolute Gasteiger partial charge is 0.726 e. The van der Waals surface area contributed by atoms with Gasteiger partial charge in [0.25, 0.3) is 0 Å². The molecule has 0 aliphatic rings. The number of nitrogens with zero attached hydrogens (tertiary/aromatic N) is 2. The minimum atomic E-state index is -4.92. The molecule has 48 heavy (non-hydrogen) atoms. The molecule has 1 rings (SSSR count). The first kappa shape index (κ1) is 50.9. The zero-order chi connectivity index (χ0) is 37.2. The predicted octanol–water partition coefficient (Wildman–Crippen LogP) is 9.06. The second-order valence-electron chi connectivity index (χ2n) is 13.4. The molecule has 1 N–H and O–H groups in total. The maximum atomic E-state index is 10.1. The molecular weight excluding hydrogens is 625 g/mol. The average molecular weight is 703 g/mol. The van der Waals surface area contributed by atoms with Crippen molar-refractivity contribution in [2.45, 2.75) is 158 Å². The van der Waals surface area contributed by atoms with E-state index in [1.807, 2.05) is 0 Å². The lowest BCUT2D eigenvalue weighted by atomic mass is 10.1. The maximum absolute atomic E-state index is 10.1. The summed E-state index contributed by atoms with van der Waals surface area (Å²) in [6.45, 7) is 30.0. The Morgan fingerprint density at radius 3 is 0.833 bits per heavy atom. The Morgan fingerprint density at radius 1 is 0.521 bits per heavy atom. The molecular formula is C39H78N2O6S. The topological polar surface area (TPSA) is 118 Å². The number of carbonyl (C=O) groups is 1. The fourth-order valence-electron chi connectivity index (χ4n) is 5.86.